The zero-order valence-corrected chi connectivity index (χ0v) is 15.9. The average Bonchev–Trinajstić information content (AvgIpc) is 2.65. The Morgan fingerprint density at radius 1 is 1.04 bits per heavy atom. The van der Waals surface area contributed by atoms with Crippen molar-refractivity contribution in [1.29, 1.82) is 0 Å². The number of nitrogens with one attached hydrogen (secondary N) is 1. The number of methoxy groups -OCH3 is 2. The number of phenolic OH excluding ortho intramolecular Hbond substituents is 1. The minimum Gasteiger partial charge on any atom is -0.508 e. The van der Waals surface area contributed by atoms with Gasteiger partial charge in [-0.3, -0.25) is 0 Å². The third-order valence-electron chi connectivity index (χ3n) is 4.61. The van der Waals surface area contributed by atoms with Crippen molar-refractivity contribution >= 4 is 16.7 Å². The fourth-order valence-electron chi connectivity index (χ4n) is 3.10. The van der Waals surface area contributed by atoms with Crippen molar-refractivity contribution in [2.75, 3.05) is 19.5 Å². The highest BCUT2D eigenvalue weighted by Gasteiger charge is 2.12. The summed E-state index contributed by atoms with van der Waals surface area (Å²) in [5.74, 6) is 1.42. The second kappa shape index (κ2) is 7.61. The lowest BCUT2D eigenvalue weighted by atomic mass is 10.0. The van der Waals surface area contributed by atoms with E-state index in [0.29, 0.717) is 30.0 Å². The summed E-state index contributed by atoms with van der Waals surface area (Å²) >= 11 is 0. The molecule has 3 rings (SSSR count). The van der Waals surface area contributed by atoms with Gasteiger partial charge in [0.05, 0.1) is 14.2 Å². The van der Waals surface area contributed by atoms with Crippen molar-refractivity contribution in [1.82, 2.24) is 0 Å². The molecule has 0 aliphatic heterocycles. The van der Waals surface area contributed by atoms with Gasteiger partial charge in [0, 0.05) is 35.8 Å². The van der Waals surface area contributed by atoms with Gasteiger partial charge in [-0.25, -0.2) is 4.79 Å². The second-order valence-corrected chi connectivity index (χ2v) is 6.30. The number of fused-ring (bicyclic) bond motifs is 1. The Balaban J connectivity index is 1.99. The van der Waals surface area contributed by atoms with E-state index in [9.17, 15) is 9.90 Å². The zero-order valence-electron chi connectivity index (χ0n) is 15.9. The van der Waals surface area contributed by atoms with Crippen molar-refractivity contribution in [3.05, 3.63) is 57.4 Å². The molecule has 1 heterocycles. The third-order valence-corrected chi connectivity index (χ3v) is 4.61. The molecule has 0 spiro atoms. The number of rotatable bonds is 6. The fraction of sp³-hybridized carbons (Fsp3) is 0.286. The van der Waals surface area contributed by atoms with Crippen molar-refractivity contribution in [3.63, 3.8) is 0 Å². The first-order chi connectivity index (χ1) is 13.0. The predicted octanol–water partition coefficient (Wildman–Crippen LogP) is 4.00. The maximum atomic E-state index is 11.9. The first-order valence-corrected chi connectivity index (χ1v) is 8.72. The van der Waals surface area contributed by atoms with Crippen LogP contribution in [0.15, 0.2) is 39.5 Å². The summed E-state index contributed by atoms with van der Waals surface area (Å²) in [5, 5.41) is 14.2. The summed E-state index contributed by atoms with van der Waals surface area (Å²) in [6.45, 7) is 4.35. The van der Waals surface area contributed by atoms with Gasteiger partial charge in [-0.15, -0.1) is 0 Å². The summed E-state index contributed by atoms with van der Waals surface area (Å²) in [6.07, 6.45) is 0.683. The topological polar surface area (TPSA) is 80.9 Å². The summed E-state index contributed by atoms with van der Waals surface area (Å²) in [7, 11) is 3.19. The predicted molar refractivity (Wildman–Crippen MR) is 105 cm³/mol. The lowest BCUT2D eigenvalue weighted by Crippen LogP contribution is -2.07. The Morgan fingerprint density at radius 3 is 2.41 bits per heavy atom. The molecule has 0 saturated heterocycles. The molecule has 0 radical (unpaired) electrons. The molecule has 142 valence electrons. The van der Waals surface area contributed by atoms with Crippen LogP contribution in [0.5, 0.6) is 17.2 Å². The van der Waals surface area contributed by atoms with Gasteiger partial charge in [0.25, 0.3) is 0 Å². The smallest absolute Gasteiger partial charge is 0.336 e. The van der Waals surface area contributed by atoms with Crippen LogP contribution in [0.25, 0.3) is 11.0 Å². The molecule has 0 aliphatic carbocycles. The largest absolute Gasteiger partial charge is 0.508 e. The van der Waals surface area contributed by atoms with Crippen molar-refractivity contribution in [3.8, 4) is 17.2 Å². The van der Waals surface area contributed by atoms with Gasteiger partial charge in [0.1, 0.15) is 11.3 Å². The third kappa shape index (κ3) is 3.69. The van der Waals surface area contributed by atoms with E-state index in [0.717, 1.165) is 27.8 Å². The molecule has 3 aromatic rings. The quantitative estimate of drug-likeness (QED) is 0.639. The Hall–Kier alpha value is -3.15. The maximum absolute atomic E-state index is 11.9. The van der Waals surface area contributed by atoms with Gasteiger partial charge in [-0.1, -0.05) is 6.92 Å². The monoisotopic (exact) mass is 369 g/mol. The minimum atomic E-state index is -0.452. The molecule has 0 amide bonds. The SMILES string of the molecule is CCc1cc2c(CNc3cc(OC)c(OC)cc3C)cc(=O)oc2cc1O. The van der Waals surface area contributed by atoms with Crippen LogP contribution in [0.3, 0.4) is 0 Å². The van der Waals surface area contributed by atoms with Crippen molar-refractivity contribution in [2.24, 2.45) is 0 Å². The van der Waals surface area contributed by atoms with Crippen LogP contribution >= 0.6 is 0 Å². The van der Waals surface area contributed by atoms with Crippen LogP contribution < -0.4 is 20.4 Å². The lowest BCUT2D eigenvalue weighted by Gasteiger charge is -2.15. The Kier molecular flexibility index (Phi) is 5.26. The fourth-order valence-corrected chi connectivity index (χ4v) is 3.10. The number of hydrogen-bond acceptors (Lipinski definition) is 6. The van der Waals surface area contributed by atoms with E-state index in [1.165, 1.54) is 12.1 Å². The van der Waals surface area contributed by atoms with Gasteiger partial charge >= 0.3 is 5.63 Å². The van der Waals surface area contributed by atoms with Gasteiger partial charge in [0.15, 0.2) is 11.5 Å². The van der Waals surface area contributed by atoms with Gasteiger partial charge in [0.2, 0.25) is 0 Å². The number of phenols is 1. The number of benzene rings is 2. The second-order valence-electron chi connectivity index (χ2n) is 6.30. The minimum absolute atomic E-state index is 0.133. The Morgan fingerprint density at radius 2 is 1.74 bits per heavy atom. The van der Waals surface area contributed by atoms with Crippen LogP contribution in [-0.4, -0.2) is 19.3 Å². The standard InChI is InChI=1S/C21H23NO5/c1-5-13-7-15-14(8-21(24)27-18(15)10-17(13)23)11-22-16-9-20(26-4)19(25-3)6-12(16)2/h6-10,22-23H,5,11H2,1-4H3. The summed E-state index contributed by atoms with van der Waals surface area (Å²) in [5.41, 5.74) is 3.39. The molecule has 0 fully saturated rings. The van der Waals surface area contributed by atoms with Crippen LogP contribution in [-0.2, 0) is 13.0 Å². The molecule has 0 atom stereocenters. The van der Waals surface area contributed by atoms with E-state index in [1.54, 1.807) is 14.2 Å². The Labute approximate surface area is 157 Å². The molecular weight excluding hydrogens is 346 g/mol. The van der Waals surface area contributed by atoms with E-state index in [1.807, 2.05) is 32.0 Å². The van der Waals surface area contributed by atoms with Gasteiger partial charge in [-0.05, 0) is 42.2 Å². The molecular formula is C21H23NO5. The van der Waals surface area contributed by atoms with E-state index in [2.05, 4.69) is 5.32 Å². The molecule has 6 nitrogen and oxygen atoms in total. The van der Waals surface area contributed by atoms with Crippen LogP contribution in [0, 0.1) is 6.92 Å². The first kappa shape index (κ1) is 18.6. The summed E-state index contributed by atoms with van der Waals surface area (Å²) < 4.78 is 15.9. The van der Waals surface area contributed by atoms with E-state index in [-0.39, 0.29) is 5.75 Å². The van der Waals surface area contributed by atoms with Gasteiger partial charge < -0.3 is 24.3 Å². The molecule has 6 heteroatoms. The maximum Gasteiger partial charge on any atom is 0.336 e. The summed E-state index contributed by atoms with van der Waals surface area (Å²) in [4.78, 5) is 11.9. The zero-order chi connectivity index (χ0) is 19.6. The number of anilines is 1. The van der Waals surface area contributed by atoms with E-state index >= 15 is 0 Å². The molecule has 2 aromatic carbocycles. The number of hydrogen-bond donors (Lipinski definition) is 2. The van der Waals surface area contributed by atoms with Crippen LogP contribution in [0.4, 0.5) is 5.69 Å². The highest BCUT2D eigenvalue weighted by molar-refractivity contribution is 5.83. The molecule has 0 unspecified atom stereocenters. The first-order valence-electron chi connectivity index (χ1n) is 8.72. The van der Waals surface area contributed by atoms with E-state index in [4.69, 9.17) is 13.9 Å². The van der Waals surface area contributed by atoms with Crippen molar-refractivity contribution < 1.29 is 19.0 Å². The van der Waals surface area contributed by atoms with E-state index < -0.39 is 5.63 Å². The number of ether oxygens (including phenoxy) is 2. The van der Waals surface area contributed by atoms with Gasteiger partial charge in [-0.2, -0.15) is 0 Å². The van der Waals surface area contributed by atoms with Crippen LogP contribution in [0.1, 0.15) is 23.6 Å². The highest BCUT2D eigenvalue weighted by Crippen LogP contribution is 2.33. The average molecular weight is 369 g/mol. The lowest BCUT2D eigenvalue weighted by molar-refractivity contribution is 0.355. The van der Waals surface area contributed by atoms with Crippen molar-refractivity contribution in [2.45, 2.75) is 26.8 Å². The highest BCUT2D eigenvalue weighted by atomic mass is 16.5. The molecule has 1 aromatic heterocycles. The molecule has 0 aliphatic rings. The normalized spacial score (nSPS) is 10.8. The Bertz CT molecular complexity index is 1040. The number of aryl methyl sites for hydroxylation is 2. The summed E-state index contributed by atoms with van der Waals surface area (Å²) in [6, 6.07) is 8.60. The van der Waals surface area contributed by atoms with Crippen LogP contribution in [0.2, 0.25) is 0 Å². The molecule has 0 saturated carbocycles. The molecule has 2 N–H and O–H groups in total. The molecule has 27 heavy (non-hydrogen) atoms. The molecule has 0 bridgehead atoms. The number of aromatic hydroxyl groups is 1.